The molecule has 3 unspecified atom stereocenters. The van der Waals surface area contributed by atoms with Crippen LogP contribution in [0.4, 0.5) is 26.1 Å². The molecule has 1 amide bonds. The van der Waals surface area contributed by atoms with Crippen LogP contribution < -0.4 is 20.9 Å². The molecule has 10 heteroatoms. The summed E-state index contributed by atoms with van der Waals surface area (Å²) in [5.74, 6) is -0.687. The molecule has 2 saturated heterocycles. The third-order valence-corrected chi connectivity index (χ3v) is 6.37. The average molecular weight is 452 g/mol. The molecular weight excluding hydrogens is 426 g/mol. The first kappa shape index (κ1) is 21.5. The number of likely N-dealkylation sites (tertiary alicyclic amines) is 1. The number of piperidine rings is 2. The van der Waals surface area contributed by atoms with Crippen molar-refractivity contribution in [3.8, 4) is 0 Å². The van der Waals surface area contributed by atoms with Crippen molar-refractivity contribution in [2.24, 2.45) is 5.92 Å². The number of halogens is 3. The van der Waals surface area contributed by atoms with Gasteiger partial charge >= 0.3 is 0 Å². The number of hydrogen-bond acceptors (Lipinski definition) is 5. The van der Waals surface area contributed by atoms with Crippen molar-refractivity contribution in [2.75, 3.05) is 35.6 Å². The molecule has 0 saturated carbocycles. The van der Waals surface area contributed by atoms with E-state index in [1.54, 1.807) is 6.07 Å². The maximum Gasteiger partial charge on any atom is 0.263 e. The van der Waals surface area contributed by atoms with Crippen molar-refractivity contribution in [3.05, 3.63) is 41.2 Å². The lowest BCUT2D eigenvalue weighted by molar-refractivity contribution is -0.371. The van der Waals surface area contributed by atoms with Crippen LogP contribution in [0, 0.1) is 17.6 Å². The number of nitrogens with zero attached hydrogens (tertiary/aromatic N) is 3. The zero-order valence-corrected chi connectivity index (χ0v) is 18.0. The van der Waals surface area contributed by atoms with Crippen LogP contribution in [0.1, 0.15) is 26.2 Å². The Morgan fingerprint density at radius 3 is 2.84 bits per heavy atom. The summed E-state index contributed by atoms with van der Waals surface area (Å²) < 4.78 is 28.2. The summed E-state index contributed by atoms with van der Waals surface area (Å²) in [6.07, 6.45) is 3.65. The molecular formula is C21H26ClF2N6O+. The molecule has 31 heavy (non-hydrogen) atoms. The second kappa shape index (κ2) is 8.82. The number of nitrogens with two attached hydrogens (primary N) is 1. The molecule has 166 valence electrons. The van der Waals surface area contributed by atoms with Crippen LogP contribution in [0.5, 0.6) is 0 Å². The van der Waals surface area contributed by atoms with E-state index in [0.717, 1.165) is 12.8 Å². The third kappa shape index (κ3) is 4.51. The lowest BCUT2D eigenvalue weighted by Crippen LogP contribution is -2.59. The summed E-state index contributed by atoms with van der Waals surface area (Å²) in [5, 5.41) is 3.41. The van der Waals surface area contributed by atoms with Crippen molar-refractivity contribution >= 4 is 34.8 Å². The highest BCUT2D eigenvalue weighted by molar-refractivity contribution is 6.30. The summed E-state index contributed by atoms with van der Waals surface area (Å²) in [7, 11) is 0. The molecule has 0 spiro atoms. The fourth-order valence-corrected chi connectivity index (χ4v) is 4.72. The molecule has 2 aromatic rings. The minimum atomic E-state index is -0.580. The van der Waals surface area contributed by atoms with Crippen LogP contribution in [0.25, 0.3) is 0 Å². The average Bonchev–Trinajstić information content (AvgIpc) is 2.72. The second-order valence-corrected chi connectivity index (χ2v) is 8.70. The van der Waals surface area contributed by atoms with Crippen LogP contribution in [0.15, 0.2) is 24.5 Å². The number of aromatic nitrogens is 2. The van der Waals surface area contributed by atoms with Crippen LogP contribution in [-0.4, -0.2) is 47.5 Å². The van der Waals surface area contributed by atoms with Crippen molar-refractivity contribution in [3.63, 3.8) is 0 Å². The van der Waals surface area contributed by atoms with Crippen molar-refractivity contribution < 1.29 is 18.6 Å². The van der Waals surface area contributed by atoms with E-state index in [2.05, 4.69) is 22.2 Å². The quantitative estimate of drug-likeness (QED) is 0.746. The molecule has 1 aromatic carbocycles. The molecule has 1 aromatic heterocycles. The van der Waals surface area contributed by atoms with Gasteiger partial charge in [-0.1, -0.05) is 23.5 Å². The number of benzene rings is 1. The van der Waals surface area contributed by atoms with E-state index in [4.69, 9.17) is 17.3 Å². The second-order valence-electron chi connectivity index (χ2n) is 8.26. The molecule has 0 bridgehead atoms. The normalized spacial score (nSPS) is 24.4. The Hall–Kier alpha value is -2.68. The molecule has 0 radical (unpaired) electrons. The van der Waals surface area contributed by atoms with E-state index in [9.17, 15) is 13.6 Å². The summed E-state index contributed by atoms with van der Waals surface area (Å²) in [6.45, 7) is 3.89. The molecule has 0 aliphatic carbocycles. The van der Waals surface area contributed by atoms with Gasteiger partial charge in [0.1, 0.15) is 11.9 Å². The number of hydrogen-bond donors (Lipinski definition) is 2. The number of H-pyrrole nitrogens is 1. The molecule has 2 aliphatic heterocycles. The summed E-state index contributed by atoms with van der Waals surface area (Å²) in [5.41, 5.74) is 6.10. The maximum atomic E-state index is 14.5. The number of carbonyl (C=O) groups excluding carboxylic acids is 1. The van der Waals surface area contributed by atoms with Gasteiger partial charge in [0.25, 0.3) is 11.6 Å². The number of carbonyl (C=O) groups is 1. The van der Waals surface area contributed by atoms with Gasteiger partial charge in [0.2, 0.25) is 18.1 Å². The van der Waals surface area contributed by atoms with Gasteiger partial charge in [-0.3, -0.25) is 9.69 Å². The van der Waals surface area contributed by atoms with Gasteiger partial charge in [0.05, 0.1) is 19.1 Å². The maximum absolute atomic E-state index is 14.5. The minimum Gasteiger partial charge on any atom is -0.374 e. The van der Waals surface area contributed by atoms with E-state index in [1.807, 2.05) is 9.80 Å². The van der Waals surface area contributed by atoms with Gasteiger partial charge in [0.15, 0.2) is 0 Å². The van der Waals surface area contributed by atoms with E-state index in [0.29, 0.717) is 31.7 Å². The third-order valence-electron chi connectivity index (χ3n) is 6.15. The summed E-state index contributed by atoms with van der Waals surface area (Å²) in [4.78, 5) is 23.7. The number of nitrogen functional groups attached to an aromatic ring is 1. The van der Waals surface area contributed by atoms with Crippen LogP contribution in [-0.2, 0) is 4.79 Å². The van der Waals surface area contributed by atoms with Crippen LogP contribution in [0.3, 0.4) is 0 Å². The van der Waals surface area contributed by atoms with Crippen LogP contribution in [0.2, 0.25) is 5.02 Å². The molecule has 3 heterocycles. The van der Waals surface area contributed by atoms with Gasteiger partial charge < -0.3 is 16.0 Å². The predicted molar refractivity (Wildman–Crippen MR) is 115 cm³/mol. The van der Waals surface area contributed by atoms with E-state index < -0.39 is 17.7 Å². The van der Waals surface area contributed by atoms with Gasteiger partial charge in [0, 0.05) is 17.3 Å². The Morgan fingerprint density at radius 2 is 2.06 bits per heavy atom. The first-order valence-electron chi connectivity index (χ1n) is 10.4. The highest BCUT2D eigenvalue weighted by Crippen LogP contribution is 2.30. The monoisotopic (exact) mass is 451 g/mol. The Bertz CT molecular complexity index is 957. The highest BCUT2D eigenvalue weighted by Gasteiger charge is 2.40. The predicted octanol–water partition coefficient (Wildman–Crippen LogP) is 2.73. The number of anilines is 3. The topological polar surface area (TPSA) is 88.6 Å². The fraction of sp³-hybridized carbons (Fsp3) is 0.476. The van der Waals surface area contributed by atoms with Gasteiger partial charge in [-0.2, -0.15) is 4.39 Å². The Morgan fingerprint density at radius 1 is 1.26 bits per heavy atom. The van der Waals surface area contributed by atoms with Crippen molar-refractivity contribution in [2.45, 2.75) is 38.3 Å². The molecule has 4 N–H and O–H groups in total. The molecule has 2 aliphatic rings. The van der Waals surface area contributed by atoms with Gasteiger partial charge in [-0.05, 0) is 43.4 Å². The first-order valence-corrected chi connectivity index (χ1v) is 10.8. The van der Waals surface area contributed by atoms with Gasteiger partial charge in [-0.25, -0.2) is 9.37 Å². The molecule has 7 nitrogen and oxygen atoms in total. The lowest BCUT2D eigenvalue weighted by atomic mass is 9.89. The van der Waals surface area contributed by atoms with Crippen molar-refractivity contribution in [1.29, 1.82) is 0 Å². The Balaban J connectivity index is 1.51. The lowest BCUT2D eigenvalue weighted by Gasteiger charge is -2.44. The Kier molecular flexibility index (Phi) is 6.13. The number of nitrogens with one attached hydrogen (secondary N) is 2. The van der Waals surface area contributed by atoms with Crippen LogP contribution >= 0.6 is 11.6 Å². The molecule has 3 atom stereocenters. The first-order chi connectivity index (χ1) is 14.8. The zero-order valence-electron chi connectivity index (χ0n) is 17.2. The fourth-order valence-electron chi connectivity index (χ4n) is 4.49. The van der Waals surface area contributed by atoms with E-state index >= 15 is 0 Å². The highest BCUT2D eigenvalue weighted by atomic mass is 35.5. The Labute approximate surface area is 184 Å². The standard InChI is InChI=1S/C21H25ClF2N6O/c1-12-4-6-29(20-18(24)19(25)26-11-27-20)10-17(12)30-5-2-3-16(21(30)31)28-15-8-13(22)7-14(23)9-15/h7-9,11-12,16-17,28H,2-6,10H2,1H3,(H2,25,26,27)/p+1. The summed E-state index contributed by atoms with van der Waals surface area (Å²) in [6, 6.07) is 3.62. The summed E-state index contributed by atoms with van der Waals surface area (Å²) >= 11 is 5.94. The van der Waals surface area contributed by atoms with E-state index in [-0.39, 0.29) is 34.5 Å². The number of aromatic amines is 1. The molecule has 4 rings (SSSR count). The zero-order chi connectivity index (χ0) is 22.1. The minimum absolute atomic E-state index is 0.0379. The molecule has 2 fully saturated rings. The van der Waals surface area contributed by atoms with E-state index in [1.165, 1.54) is 18.5 Å². The van der Waals surface area contributed by atoms with Crippen molar-refractivity contribution in [1.82, 2.24) is 9.88 Å². The smallest absolute Gasteiger partial charge is 0.263 e. The SMILES string of the molecule is CC1CCN(c2[nH+]cnc(N)c2F)CC1N1CCCC(Nc2cc(F)cc(Cl)c2)C1=O. The largest absolute Gasteiger partial charge is 0.374 e. The number of rotatable bonds is 4. The number of amides is 1. The van der Waals surface area contributed by atoms with Gasteiger partial charge in [-0.15, -0.1) is 0 Å².